The molecule has 0 radical (unpaired) electrons. The molecule has 0 aliphatic carbocycles. The molecule has 0 rings (SSSR count). The molecule has 0 heterocycles. The van der Waals surface area contributed by atoms with Crippen LogP contribution in [0.1, 0.15) is 361 Å². The number of carbonyl (C=O) groups is 3. The second kappa shape index (κ2) is 61.4. The average molecular weight is 1010 g/mol. The Kier molecular flexibility index (Phi) is 59.6. The monoisotopic (exact) mass is 1010 g/mol. The fraction of sp³-hybridized carbons (Fsp3) is 0.894. The highest BCUT2D eigenvalue weighted by atomic mass is 16.6. The van der Waals surface area contributed by atoms with E-state index in [0.717, 1.165) is 64.2 Å². The van der Waals surface area contributed by atoms with Gasteiger partial charge in [0.25, 0.3) is 0 Å². The quantitative estimate of drug-likeness (QED) is 0.0261. The Bertz CT molecular complexity index is 1160. The molecule has 1 unspecified atom stereocenters. The van der Waals surface area contributed by atoms with Crippen LogP contribution in [-0.2, 0) is 28.6 Å². The summed E-state index contributed by atoms with van der Waals surface area (Å²) in [7, 11) is 0. The zero-order valence-corrected chi connectivity index (χ0v) is 48.7. The molecule has 0 aliphatic heterocycles. The first-order chi connectivity index (χ1) is 35.5. The highest BCUT2D eigenvalue weighted by Gasteiger charge is 2.19. The average Bonchev–Trinajstić information content (AvgIpc) is 3.38. The number of carbonyl (C=O) groups excluding carboxylic acids is 3. The van der Waals surface area contributed by atoms with Gasteiger partial charge in [-0.15, -0.1) is 0 Å². The molecule has 0 saturated heterocycles. The van der Waals surface area contributed by atoms with E-state index in [1.54, 1.807) is 0 Å². The fourth-order valence-corrected chi connectivity index (χ4v) is 9.83. The van der Waals surface area contributed by atoms with E-state index in [9.17, 15) is 14.4 Å². The van der Waals surface area contributed by atoms with Crippen LogP contribution in [0.4, 0.5) is 0 Å². The highest BCUT2D eigenvalue weighted by Crippen LogP contribution is 2.18. The predicted octanol–water partition coefficient (Wildman–Crippen LogP) is 21.8. The van der Waals surface area contributed by atoms with Gasteiger partial charge in [0.05, 0.1) is 0 Å². The Balaban J connectivity index is 3.98. The minimum absolute atomic E-state index is 0.0644. The Morgan fingerprint density at radius 3 is 0.764 bits per heavy atom. The normalized spacial score (nSPS) is 12.1. The summed E-state index contributed by atoms with van der Waals surface area (Å²) in [5.74, 6) is -0.846. The van der Waals surface area contributed by atoms with E-state index >= 15 is 0 Å². The van der Waals surface area contributed by atoms with Crippen molar-refractivity contribution in [3.05, 3.63) is 24.3 Å². The fourth-order valence-electron chi connectivity index (χ4n) is 9.83. The molecule has 0 aromatic carbocycles. The molecule has 0 aromatic heterocycles. The Labute approximate surface area is 449 Å². The molecule has 0 spiro atoms. The molecule has 0 aromatic rings. The van der Waals surface area contributed by atoms with Crippen LogP contribution in [0.2, 0.25) is 0 Å². The van der Waals surface area contributed by atoms with Crippen LogP contribution in [0.5, 0.6) is 0 Å². The molecular weight excluding hydrogens is 889 g/mol. The van der Waals surface area contributed by atoms with Crippen LogP contribution in [0.3, 0.4) is 0 Å². The van der Waals surface area contributed by atoms with Crippen LogP contribution < -0.4 is 0 Å². The van der Waals surface area contributed by atoms with Crippen molar-refractivity contribution in [3.8, 4) is 0 Å². The minimum Gasteiger partial charge on any atom is -0.462 e. The van der Waals surface area contributed by atoms with E-state index in [2.05, 4.69) is 45.1 Å². The maximum absolute atomic E-state index is 12.8. The molecular formula is C66H124O6. The molecule has 0 aliphatic rings. The molecule has 0 amide bonds. The Morgan fingerprint density at radius 1 is 0.278 bits per heavy atom. The van der Waals surface area contributed by atoms with Gasteiger partial charge in [0.2, 0.25) is 0 Å². The van der Waals surface area contributed by atoms with E-state index in [4.69, 9.17) is 14.2 Å². The van der Waals surface area contributed by atoms with Crippen molar-refractivity contribution in [2.24, 2.45) is 0 Å². The number of rotatable bonds is 60. The smallest absolute Gasteiger partial charge is 0.306 e. The first-order valence-corrected chi connectivity index (χ1v) is 32.3. The summed E-state index contributed by atoms with van der Waals surface area (Å²) in [4.78, 5) is 38.0. The third-order valence-electron chi connectivity index (χ3n) is 14.7. The summed E-state index contributed by atoms with van der Waals surface area (Å²) in [5.41, 5.74) is 0. The minimum atomic E-state index is -0.763. The summed E-state index contributed by atoms with van der Waals surface area (Å²) in [6.07, 6.45) is 73.7. The van der Waals surface area contributed by atoms with E-state index < -0.39 is 6.10 Å². The molecule has 1 atom stereocenters. The van der Waals surface area contributed by atoms with Gasteiger partial charge in [-0.25, -0.2) is 0 Å². The largest absolute Gasteiger partial charge is 0.462 e. The zero-order valence-electron chi connectivity index (χ0n) is 48.7. The van der Waals surface area contributed by atoms with Gasteiger partial charge in [-0.2, -0.15) is 0 Å². The van der Waals surface area contributed by atoms with E-state index in [-0.39, 0.29) is 31.1 Å². The third kappa shape index (κ3) is 58.8. The number of unbranched alkanes of at least 4 members (excludes halogenated alkanes) is 45. The van der Waals surface area contributed by atoms with Gasteiger partial charge in [0, 0.05) is 19.3 Å². The van der Waals surface area contributed by atoms with Crippen molar-refractivity contribution in [2.75, 3.05) is 13.2 Å². The van der Waals surface area contributed by atoms with Crippen LogP contribution >= 0.6 is 0 Å². The van der Waals surface area contributed by atoms with Crippen molar-refractivity contribution in [1.82, 2.24) is 0 Å². The topological polar surface area (TPSA) is 78.9 Å². The van der Waals surface area contributed by atoms with Crippen molar-refractivity contribution < 1.29 is 28.6 Å². The third-order valence-corrected chi connectivity index (χ3v) is 14.7. The predicted molar refractivity (Wildman–Crippen MR) is 312 cm³/mol. The Morgan fingerprint density at radius 2 is 0.500 bits per heavy atom. The molecule has 72 heavy (non-hydrogen) atoms. The number of esters is 3. The molecule has 6 heteroatoms. The van der Waals surface area contributed by atoms with Crippen LogP contribution in [-0.4, -0.2) is 37.2 Å². The lowest BCUT2D eigenvalue weighted by Gasteiger charge is -2.18. The number of hydrogen-bond donors (Lipinski definition) is 0. The van der Waals surface area contributed by atoms with Gasteiger partial charge < -0.3 is 14.2 Å². The van der Waals surface area contributed by atoms with Crippen molar-refractivity contribution in [3.63, 3.8) is 0 Å². The maximum atomic E-state index is 12.8. The van der Waals surface area contributed by atoms with Gasteiger partial charge in [-0.3, -0.25) is 14.4 Å². The molecule has 0 saturated carbocycles. The van der Waals surface area contributed by atoms with E-state index in [0.29, 0.717) is 19.3 Å². The summed E-state index contributed by atoms with van der Waals surface area (Å²) >= 11 is 0. The summed E-state index contributed by atoms with van der Waals surface area (Å²) in [6.45, 7) is 6.65. The molecule has 0 N–H and O–H groups in total. The molecule has 0 fully saturated rings. The standard InChI is InChI=1S/C66H124O6/c1-4-7-10-13-16-18-20-22-24-26-27-28-29-30-31-32-33-34-35-36-37-38-39-40-42-43-45-47-50-53-56-59-65(68)71-62-63(61-70-64(67)58-55-52-49-15-12-9-6-3)72-66(69)60-57-54-51-48-46-44-41-25-23-21-19-17-14-11-8-5-2/h20,22,26-27,63H,4-19,21,23-25,28-62H2,1-3H3/b22-20-,27-26-. The van der Waals surface area contributed by atoms with E-state index in [1.807, 2.05) is 0 Å². The first kappa shape index (κ1) is 69.9. The summed E-state index contributed by atoms with van der Waals surface area (Å²) in [6, 6.07) is 0. The highest BCUT2D eigenvalue weighted by molar-refractivity contribution is 5.71. The molecule has 6 nitrogen and oxygen atoms in total. The number of hydrogen-bond acceptors (Lipinski definition) is 6. The van der Waals surface area contributed by atoms with E-state index in [1.165, 1.54) is 257 Å². The van der Waals surface area contributed by atoms with Gasteiger partial charge in [-0.1, -0.05) is 315 Å². The summed E-state index contributed by atoms with van der Waals surface area (Å²) in [5, 5.41) is 0. The van der Waals surface area contributed by atoms with Gasteiger partial charge in [-0.05, 0) is 51.4 Å². The maximum Gasteiger partial charge on any atom is 0.306 e. The van der Waals surface area contributed by atoms with Crippen LogP contribution in [0.25, 0.3) is 0 Å². The lowest BCUT2D eigenvalue weighted by molar-refractivity contribution is -0.167. The lowest BCUT2D eigenvalue weighted by atomic mass is 10.0. The Hall–Kier alpha value is -2.11. The number of allylic oxidation sites excluding steroid dienone is 4. The second-order valence-electron chi connectivity index (χ2n) is 22.0. The van der Waals surface area contributed by atoms with Crippen LogP contribution in [0, 0.1) is 0 Å². The first-order valence-electron chi connectivity index (χ1n) is 32.3. The van der Waals surface area contributed by atoms with Crippen molar-refractivity contribution in [2.45, 2.75) is 367 Å². The lowest BCUT2D eigenvalue weighted by Crippen LogP contribution is -2.30. The van der Waals surface area contributed by atoms with Gasteiger partial charge >= 0.3 is 17.9 Å². The number of ether oxygens (including phenoxy) is 3. The van der Waals surface area contributed by atoms with Gasteiger partial charge in [0.1, 0.15) is 13.2 Å². The second-order valence-corrected chi connectivity index (χ2v) is 22.0. The zero-order chi connectivity index (χ0) is 52.2. The van der Waals surface area contributed by atoms with Crippen LogP contribution in [0.15, 0.2) is 24.3 Å². The molecule has 424 valence electrons. The van der Waals surface area contributed by atoms with Gasteiger partial charge in [0.15, 0.2) is 6.10 Å². The SMILES string of the molecule is CCCCCCC/C=C\C/C=C\CCCCCCCCCCCCCCCCCCCCCC(=O)OCC(COC(=O)CCCCCCCCC)OC(=O)CCCCCCCCCCCCCCCCCC. The molecule has 0 bridgehead atoms. The van der Waals surface area contributed by atoms with Crippen molar-refractivity contribution in [1.29, 1.82) is 0 Å². The van der Waals surface area contributed by atoms with Crippen molar-refractivity contribution >= 4 is 17.9 Å². The summed E-state index contributed by atoms with van der Waals surface area (Å²) < 4.78 is 16.8.